The van der Waals surface area contributed by atoms with Crippen molar-refractivity contribution in [3.63, 3.8) is 0 Å². The average Bonchev–Trinajstić information content (AvgIpc) is 2.65. The third-order valence-electron chi connectivity index (χ3n) is 2.11. The molecule has 0 unspecified atom stereocenters. The topological polar surface area (TPSA) is 47.8 Å². The molecule has 0 aliphatic rings. The molecule has 0 saturated carbocycles. The van der Waals surface area contributed by atoms with Crippen LogP contribution in [0, 0.1) is 11.6 Å². The van der Waals surface area contributed by atoms with Gasteiger partial charge in [0, 0.05) is 0 Å². The lowest BCUT2D eigenvalue weighted by atomic mass is 10.2. The smallest absolute Gasteiger partial charge is 0.157 e. The monoisotopic (exact) mass is 237 g/mol. The predicted octanol–water partition coefficient (Wildman–Crippen LogP) is 1.68. The number of hydrogen-bond acceptors (Lipinski definition) is 3. The Morgan fingerprint density at radius 1 is 1.35 bits per heavy atom. The molecule has 0 bridgehead atoms. The van der Waals surface area contributed by atoms with Crippen LogP contribution in [0.15, 0.2) is 24.4 Å². The van der Waals surface area contributed by atoms with Gasteiger partial charge in [0.15, 0.2) is 17.3 Å². The van der Waals surface area contributed by atoms with Gasteiger partial charge in [-0.25, -0.2) is 8.78 Å². The first-order valence-electron chi connectivity index (χ1n) is 4.93. The van der Waals surface area contributed by atoms with Crippen molar-refractivity contribution in [3.8, 4) is 5.69 Å². The molecule has 1 aromatic carbocycles. The number of aromatic nitrogens is 3. The quantitative estimate of drug-likeness (QED) is 0.815. The normalized spacial score (nSPS) is 10.5. The van der Waals surface area contributed by atoms with Crippen molar-refractivity contribution >= 4 is 5.78 Å². The zero-order chi connectivity index (χ0) is 12.4. The molecule has 0 saturated heterocycles. The van der Waals surface area contributed by atoms with Crippen LogP contribution in [0.2, 0.25) is 0 Å². The van der Waals surface area contributed by atoms with Crippen LogP contribution in [-0.4, -0.2) is 20.8 Å². The lowest BCUT2D eigenvalue weighted by Crippen LogP contribution is -2.06. The van der Waals surface area contributed by atoms with Crippen LogP contribution in [0.3, 0.4) is 0 Å². The molecule has 88 valence electrons. The maximum absolute atomic E-state index is 13.4. The van der Waals surface area contributed by atoms with Crippen LogP contribution in [-0.2, 0) is 11.2 Å². The third kappa shape index (κ3) is 2.35. The van der Waals surface area contributed by atoms with Crippen molar-refractivity contribution in [2.45, 2.75) is 13.3 Å². The Morgan fingerprint density at radius 3 is 2.59 bits per heavy atom. The van der Waals surface area contributed by atoms with Crippen LogP contribution in [0.4, 0.5) is 8.78 Å². The highest BCUT2D eigenvalue weighted by atomic mass is 19.1. The highest BCUT2D eigenvalue weighted by Crippen LogP contribution is 2.15. The summed E-state index contributed by atoms with van der Waals surface area (Å²) in [6, 6.07) is 3.49. The molecule has 0 fully saturated rings. The Morgan fingerprint density at radius 2 is 2.00 bits per heavy atom. The number of hydrogen-bond donors (Lipinski definition) is 0. The van der Waals surface area contributed by atoms with E-state index in [9.17, 15) is 13.6 Å². The molecule has 2 rings (SSSR count). The van der Waals surface area contributed by atoms with Crippen molar-refractivity contribution in [2.75, 3.05) is 0 Å². The summed E-state index contributed by atoms with van der Waals surface area (Å²) in [7, 11) is 0. The molecule has 6 heteroatoms. The first-order chi connectivity index (χ1) is 8.08. The Bertz CT molecular complexity index is 545. The molecule has 2 aromatic rings. The van der Waals surface area contributed by atoms with Gasteiger partial charge in [0.2, 0.25) is 0 Å². The summed E-state index contributed by atoms with van der Waals surface area (Å²) in [6.45, 7) is 1.41. The summed E-state index contributed by atoms with van der Waals surface area (Å²) in [4.78, 5) is 11.7. The maximum Gasteiger partial charge on any atom is 0.157 e. The Balaban J connectivity index is 2.40. The van der Waals surface area contributed by atoms with Gasteiger partial charge in [0.25, 0.3) is 0 Å². The molecule has 0 aliphatic carbocycles. The molecule has 0 radical (unpaired) electrons. The number of carbonyl (C=O) groups is 1. The van der Waals surface area contributed by atoms with Gasteiger partial charge in [0.05, 0.1) is 18.3 Å². The summed E-state index contributed by atoms with van der Waals surface area (Å²) in [5.41, 5.74) is 0.0301. The Labute approximate surface area is 95.9 Å². The van der Waals surface area contributed by atoms with Crippen LogP contribution < -0.4 is 0 Å². The number of Topliss-reactive ketones (excluding diaryl/α,β-unsaturated/α-hetero) is 1. The zero-order valence-corrected chi connectivity index (χ0v) is 9.02. The molecule has 1 aromatic heterocycles. The van der Waals surface area contributed by atoms with Crippen LogP contribution >= 0.6 is 0 Å². The van der Waals surface area contributed by atoms with E-state index in [2.05, 4.69) is 10.2 Å². The second-order valence-electron chi connectivity index (χ2n) is 3.57. The first kappa shape index (κ1) is 11.4. The molecule has 0 amide bonds. The van der Waals surface area contributed by atoms with E-state index in [4.69, 9.17) is 0 Å². The van der Waals surface area contributed by atoms with Gasteiger partial charge in [-0.05, 0) is 19.1 Å². The van der Waals surface area contributed by atoms with Crippen molar-refractivity contribution in [1.29, 1.82) is 0 Å². The standard InChI is InChI=1S/C11H9F2N3O/c1-7(17)5-8-6-14-16(15-8)11-9(12)3-2-4-10(11)13/h2-4,6H,5H2,1H3. The zero-order valence-electron chi connectivity index (χ0n) is 9.02. The summed E-state index contributed by atoms with van der Waals surface area (Å²) in [6.07, 6.45) is 1.41. The fourth-order valence-corrected chi connectivity index (χ4v) is 1.42. The second-order valence-corrected chi connectivity index (χ2v) is 3.57. The van der Waals surface area contributed by atoms with Crippen molar-refractivity contribution < 1.29 is 13.6 Å². The van der Waals surface area contributed by atoms with E-state index >= 15 is 0 Å². The maximum atomic E-state index is 13.4. The minimum Gasteiger partial charge on any atom is -0.300 e. The van der Waals surface area contributed by atoms with Crippen LogP contribution in [0.5, 0.6) is 0 Å². The highest BCUT2D eigenvalue weighted by Gasteiger charge is 2.13. The van der Waals surface area contributed by atoms with Crippen molar-refractivity contribution in [2.24, 2.45) is 0 Å². The number of halogens is 2. The van der Waals surface area contributed by atoms with E-state index < -0.39 is 11.6 Å². The molecule has 17 heavy (non-hydrogen) atoms. The Hall–Kier alpha value is -2.11. The molecule has 0 atom stereocenters. The highest BCUT2D eigenvalue weighted by molar-refractivity contribution is 5.77. The van der Waals surface area contributed by atoms with Crippen LogP contribution in [0.1, 0.15) is 12.6 Å². The predicted molar refractivity (Wildman–Crippen MR) is 55.7 cm³/mol. The summed E-state index contributed by atoms with van der Waals surface area (Å²) in [5.74, 6) is -1.60. The van der Waals surface area contributed by atoms with Gasteiger partial charge in [-0.2, -0.15) is 10.2 Å². The molecule has 0 spiro atoms. The van der Waals surface area contributed by atoms with Gasteiger partial charge in [-0.3, -0.25) is 4.79 Å². The van der Waals surface area contributed by atoms with E-state index in [1.807, 2.05) is 0 Å². The van der Waals surface area contributed by atoms with Gasteiger partial charge in [-0.15, -0.1) is 4.80 Å². The number of ketones is 1. The van der Waals surface area contributed by atoms with Gasteiger partial charge < -0.3 is 0 Å². The first-order valence-corrected chi connectivity index (χ1v) is 4.93. The average molecular weight is 237 g/mol. The lowest BCUT2D eigenvalue weighted by molar-refractivity contribution is -0.116. The van der Waals surface area contributed by atoms with Crippen LogP contribution in [0.25, 0.3) is 5.69 Å². The minimum atomic E-state index is -0.755. The molecule has 0 N–H and O–H groups in total. The third-order valence-corrected chi connectivity index (χ3v) is 2.11. The summed E-state index contributed by atoms with van der Waals surface area (Å²) >= 11 is 0. The van der Waals surface area contributed by atoms with Crippen molar-refractivity contribution in [1.82, 2.24) is 15.0 Å². The van der Waals surface area contributed by atoms with E-state index in [1.54, 1.807) is 0 Å². The fraction of sp³-hybridized carbons (Fsp3) is 0.182. The van der Waals surface area contributed by atoms with E-state index in [0.717, 1.165) is 16.9 Å². The summed E-state index contributed by atoms with van der Waals surface area (Å²) < 4.78 is 26.8. The lowest BCUT2D eigenvalue weighted by Gasteiger charge is -2.02. The van der Waals surface area contributed by atoms with Gasteiger partial charge in [0.1, 0.15) is 5.78 Å². The fourth-order valence-electron chi connectivity index (χ4n) is 1.42. The molecule has 4 nitrogen and oxygen atoms in total. The SMILES string of the molecule is CC(=O)Cc1cnn(-c2c(F)cccc2F)n1. The molecule has 0 aliphatic heterocycles. The molecular formula is C11H9F2N3O. The number of rotatable bonds is 3. The van der Waals surface area contributed by atoms with Gasteiger partial charge in [-0.1, -0.05) is 6.07 Å². The summed E-state index contributed by atoms with van der Waals surface area (Å²) in [5, 5.41) is 7.58. The van der Waals surface area contributed by atoms with E-state index in [-0.39, 0.29) is 17.9 Å². The largest absolute Gasteiger partial charge is 0.300 e. The van der Waals surface area contributed by atoms with Crippen molar-refractivity contribution in [3.05, 3.63) is 41.7 Å². The molecular weight excluding hydrogens is 228 g/mol. The second kappa shape index (κ2) is 4.40. The number of benzene rings is 1. The van der Waals surface area contributed by atoms with E-state index in [0.29, 0.717) is 5.69 Å². The Kier molecular flexibility index (Phi) is 2.95. The minimum absolute atomic E-state index is 0.0916. The number of carbonyl (C=O) groups excluding carboxylic acids is 1. The number of para-hydroxylation sites is 1. The van der Waals surface area contributed by atoms with Gasteiger partial charge >= 0.3 is 0 Å². The molecule has 1 heterocycles. The van der Waals surface area contributed by atoms with E-state index in [1.165, 1.54) is 19.2 Å². The number of nitrogens with zero attached hydrogens (tertiary/aromatic N) is 3.